The van der Waals surface area contributed by atoms with Gasteiger partial charge in [0.1, 0.15) is 0 Å². The second-order valence-corrected chi connectivity index (χ2v) is 9.14. The molecule has 0 bridgehead atoms. The van der Waals surface area contributed by atoms with Crippen LogP contribution < -0.4 is 5.32 Å². The Morgan fingerprint density at radius 3 is 2.70 bits per heavy atom. The lowest BCUT2D eigenvalue weighted by atomic mass is 10.1. The molecule has 0 aliphatic carbocycles. The highest BCUT2D eigenvalue weighted by atomic mass is 79.9. The van der Waals surface area contributed by atoms with Gasteiger partial charge in [0.05, 0.1) is 17.1 Å². The molecule has 0 fully saturated rings. The predicted octanol–water partition coefficient (Wildman–Crippen LogP) is 5.60. The smallest absolute Gasteiger partial charge is 0.279 e. The average Bonchev–Trinajstić information content (AvgIpc) is 3.26. The molecule has 1 amide bonds. The van der Waals surface area contributed by atoms with E-state index < -0.39 is 0 Å². The van der Waals surface area contributed by atoms with Gasteiger partial charge >= 0.3 is 0 Å². The van der Waals surface area contributed by atoms with Crippen LogP contribution in [0.4, 0.5) is 5.13 Å². The highest BCUT2D eigenvalue weighted by Gasteiger charge is 2.19. The molecule has 4 rings (SSSR count). The van der Waals surface area contributed by atoms with Crippen LogP contribution >= 0.6 is 38.9 Å². The number of benzene rings is 2. The van der Waals surface area contributed by atoms with Gasteiger partial charge < -0.3 is 0 Å². The van der Waals surface area contributed by atoms with E-state index in [4.69, 9.17) is 11.6 Å². The van der Waals surface area contributed by atoms with Crippen LogP contribution in [0.3, 0.4) is 0 Å². The number of nitrogens with one attached hydrogen (secondary N) is 1. The fourth-order valence-electron chi connectivity index (χ4n) is 2.98. The van der Waals surface area contributed by atoms with Gasteiger partial charge in [0.2, 0.25) is 0 Å². The lowest BCUT2D eigenvalue weighted by molar-refractivity contribution is 0.102. The molecule has 0 saturated carbocycles. The maximum atomic E-state index is 12.8. The van der Waals surface area contributed by atoms with Crippen LogP contribution in [-0.4, -0.2) is 25.9 Å². The van der Waals surface area contributed by atoms with Crippen molar-refractivity contribution in [1.82, 2.24) is 20.0 Å². The Morgan fingerprint density at radius 2 is 1.97 bits per heavy atom. The summed E-state index contributed by atoms with van der Waals surface area (Å²) >= 11 is 11.0. The summed E-state index contributed by atoms with van der Waals surface area (Å²) in [6.07, 6.45) is 0.761. The van der Waals surface area contributed by atoms with E-state index in [2.05, 4.69) is 48.7 Å². The van der Waals surface area contributed by atoms with E-state index in [1.54, 1.807) is 23.7 Å². The van der Waals surface area contributed by atoms with E-state index in [9.17, 15) is 4.79 Å². The highest BCUT2D eigenvalue weighted by Crippen LogP contribution is 2.26. The Bertz CT molecular complexity index is 1220. The minimum absolute atomic E-state index is 0.247. The van der Waals surface area contributed by atoms with E-state index in [1.807, 2.05) is 31.2 Å². The van der Waals surface area contributed by atoms with Crippen molar-refractivity contribution in [3.63, 3.8) is 0 Å². The maximum absolute atomic E-state index is 12.8. The molecular formula is C21H17BrClN5OS. The average molecular weight is 503 g/mol. The first kappa shape index (κ1) is 20.7. The van der Waals surface area contributed by atoms with Crippen LogP contribution in [0.1, 0.15) is 32.3 Å². The lowest BCUT2D eigenvalue weighted by Crippen LogP contribution is -2.14. The van der Waals surface area contributed by atoms with E-state index in [0.29, 0.717) is 15.8 Å². The molecule has 0 saturated heterocycles. The molecule has 6 nitrogen and oxygen atoms in total. The Kier molecular flexibility index (Phi) is 5.99. The molecule has 0 radical (unpaired) electrons. The predicted molar refractivity (Wildman–Crippen MR) is 123 cm³/mol. The zero-order valence-corrected chi connectivity index (χ0v) is 19.3. The van der Waals surface area contributed by atoms with E-state index in [-0.39, 0.29) is 11.6 Å². The molecule has 0 spiro atoms. The van der Waals surface area contributed by atoms with Crippen molar-refractivity contribution in [3.8, 4) is 5.69 Å². The Hall–Kier alpha value is -2.55. The van der Waals surface area contributed by atoms with Crippen molar-refractivity contribution in [3.05, 3.63) is 85.5 Å². The van der Waals surface area contributed by atoms with Crippen LogP contribution in [0.15, 0.2) is 53.0 Å². The molecule has 4 aromatic rings. The van der Waals surface area contributed by atoms with Crippen LogP contribution in [0.25, 0.3) is 5.69 Å². The standard InChI is InChI=1S/C21H17BrClN5OS/c1-12-18(10-14-6-8-15(22)9-7-14)30-21(24-12)25-20(29)19-13(2)28(27-26-19)17-5-3-4-16(23)11-17/h3-9,11H,10H2,1-2H3,(H,24,25,29). The van der Waals surface area contributed by atoms with Crippen molar-refractivity contribution in [2.24, 2.45) is 0 Å². The number of aryl methyl sites for hydroxylation is 1. The Morgan fingerprint density at radius 1 is 1.20 bits per heavy atom. The van der Waals surface area contributed by atoms with E-state index in [0.717, 1.165) is 27.2 Å². The summed E-state index contributed by atoms with van der Waals surface area (Å²) in [5.74, 6) is -0.343. The van der Waals surface area contributed by atoms with Gasteiger partial charge in [0.15, 0.2) is 10.8 Å². The quantitative estimate of drug-likeness (QED) is 0.385. The number of aromatic nitrogens is 4. The summed E-state index contributed by atoms with van der Waals surface area (Å²) in [5.41, 5.74) is 3.70. The lowest BCUT2D eigenvalue weighted by Gasteiger charge is -2.04. The third-order valence-electron chi connectivity index (χ3n) is 4.55. The molecule has 2 aromatic carbocycles. The number of anilines is 1. The van der Waals surface area contributed by atoms with Gasteiger partial charge in [-0.25, -0.2) is 9.67 Å². The summed E-state index contributed by atoms with van der Waals surface area (Å²) < 4.78 is 2.63. The highest BCUT2D eigenvalue weighted by molar-refractivity contribution is 9.10. The second-order valence-electron chi connectivity index (χ2n) is 6.70. The van der Waals surface area contributed by atoms with Crippen molar-refractivity contribution < 1.29 is 4.79 Å². The molecule has 1 N–H and O–H groups in total. The fraction of sp³-hybridized carbons (Fsp3) is 0.143. The molecule has 152 valence electrons. The number of nitrogens with zero attached hydrogens (tertiary/aromatic N) is 4. The zero-order valence-electron chi connectivity index (χ0n) is 16.2. The number of hydrogen-bond acceptors (Lipinski definition) is 5. The normalized spacial score (nSPS) is 10.9. The van der Waals surface area contributed by atoms with Crippen LogP contribution in [0.2, 0.25) is 5.02 Å². The number of halogens is 2. The van der Waals surface area contributed by atoms with Crippen molar-refractivity contribution >= 4 is 49.9 Å². The molecule has 9 heteroatoms. The Balaban J connectivity index is 1.51. The van der Waals surface area contributed by atoms with Crippen LogP contribution in [0.5, 0.6) is 0 Å². The SMILES string of the molecule is Cc1nc(NC(=O)c2nnn(-c3cccc(Cl)c3)c2C)sc1Cc1ccc(Br)cc1. The van der Waals surface area contributed by atoms with Crippen molar-refractivity contribution in [1.29, 1.82) is 0 Å². The molecule has 0 aliphatic rings. The number of carbonyl (C=O) groups is 1. The summed E-state index contributed by atoms with van der Waals surface area (Å²) in [6, 6.07) is 15.4. The zero-order chi connectivity index (χ0) is 21.3. The molecule has 30 heavy (non-hydrogen) atoms. The third kappa shape index (κ3) is 4.45. The minimum Gasteiger partial charge on any atom is -0.296 e. The third-order valence-corrected chi connectivity index (χ3v) is 6.39. The van der Waals surface area contributed by atoms with E-state index >= 15 is 0 Å². The number of carbonyl (C=O) groups excluding carboxylic acids is 1. The molecule has 0 atom stereocenters. The first-order valence-corrected chi connectivity index (χ1v) is 11.1. The van der Waals surface area contributed by atoms with Crippen molar-refractivity contribution in [2.45, 2.75) is 20.3 Å². The number of thiazole rings is 1. The summed E-state index contributed by atoms with van der Waals surface area (Å²) in [6.45, 7) is 3.74. The van der Waals surface area contributed by atoms with Gasteiger partial charge in [0, 0.05) is 20.8 Å². The fourth-order valence-corrected chi connectivity index (χ4v) is 4.42. The van der Waals surface area contributed by atoms with Gasteiger partial charge in [0.25, 0.3) is 5.91 Å². The maximum Gasteiger partial charge on any atom is 0.279 e. The van der Waals surface area contributed by atoms with Gasteiger partial charge in [-0.1, -0.05) is 50.9 Å². The molecule has 2 heterocycles. The van der Waals surface area contributed by atoms with Crippen molar-refractivity contribution in [2.75, 3.05) is 5.32 Å². The van der Waals surface area contributed by atoms with Gasteiger partial charge in [-0.15, -0.1) is 16.4 Å². The topological polar surface area (TPSA) is 72.7 Å². The van der Waals surface area contributed by atoms with Gasteiger partial charge in [-0.2, -0.15) is 0 Å². The summed E-state index contributed by atoms with van der Waals surface area (Å²) in [7, 11) is 0. The summed E-state index contributed by atoms with van der Waals surface area (Å²) in [4.78, 5) is 18.4. The first-order valence-electron chi connectivity index (χ1n) is 9.11. The summed E-state index contributed by atoms with van der Waals surface area (Å²) in [5, 5.41) is 12.1. The van der Waals surface area contributed by atoms with Gasteiger partial charge in [-0.3, -0.25) is 10.1 Å². The minimum atomic E-state index is -0.343. The second kappa shape index (κ2) is 8.67. The Labute approximate surface area is 191 Å². The number of amides is 1. The molecule has 0 aliphatic heterocycles. The van der Waals surface area contributed by atoms with E-state index in [1.165, 1.54) is 16.9 Å². The largest absolute Gasteiger partial charge is 0.296 e. The first-order chi connectivity index (χ1) is 14.4. The monoisotopic (exact) mass is 501 g/mol. The van der Waals surface area contributed by atoms with Crippen LogP contribution in [0, 0.1) is 13.8 Å². The van der Waals surface area contributed by atoms with Gasteiger partial charge in [-0.05, 0) is 49.7 Å². The molecular weight excluding hydrogens is 486 g/mol. The van der Waals surface area contributed by atoms with Crippen LogP contribution in [-0.2, 0) is 6.42 Å². The molecule has 0 unspecified atom stereocenters. The number of rotatable bonds is 5. The molecule has 2 aromatic heterocycles. The number of hydrogen-bond donors (Lipinski definition) is 1.